The monoisotopic (exact) mass is 311 g/mol. The van der Waals surface area contributed by atoms with Gasteiger partial charge in [-0.15, -0.1) is 0 Å². The van der Waals surface area contributed by atoms with Crippen LogP contribution < -0.4 is 5.32 Å². The summed E-state index contributed by atoms with van der Waals surface area (Å²) in [5, 5.41) is 12.6. The highest BCUT2D eigenvalue weighted by Gasteiger charge is 2.34. The molecule has 1 aromatic rings. The average Bonchev–Trinajstić information content (AvgIpc) is 2.27. The van der Waals surface area contributed by atoms with Gasteiger partial charge < -0.3 is 10.4 Å². The van der Waals surface area contributed by atoms with Crippen LogP contribution in [0.15, 0.2) is 22.7 Å². The third-order valence-corrected chi connectivity index (χ3v) is 4.71. The quantitative estimate of drug-likeness (QED) is 0.859. The van der Waals surface area contributed by atoms with Crippen LogP contribution in [0.3, 0.4) is 0 Å². The Morgan fingerprint density at radius 1 is 1.50 bits per heavy atom. The standard InChI is InChI=1S/C14H18BrNO2/c1-2-14(7-4-8-14)9-16-11-6-3-5-10(15)12(11)13(17)18/h3,5-6,16H,2,4,7-9H2,1H3,(H,17,18). The van der Waals surface area contributed by atoms with Crippen molar-refractivity contribution in [3.63, 3.8) is 0 Å². The zero-order chi connectivity index (χ0) is 13.2. The third kappa shape index (κ3) is 2.53. The third-order valence-electron chi connectivity index (χ3n) is 4.05. The molecule has 3 nitrogen and oxygen atoms in total. The van der Waals surface area contributed by atoms with Crippen LogP contribution in [0.1, 0.15) is 43.0 Å². The number of anilines is 1. The maximum absolute atomic E-state index is 11.3. The maximum Gasteiger partial charge on any atom is 0.338 e. The Kier molecular flexibility index (Phi) is 3.95. The largest absolute Gasteiger partial charge is 0.478 e. The second kappa shape index (κ2) is 5.31. The van der Waals surface area contributed by atoms with Gasteiger partial charge in [-0.3, -0.25) is 0 Å². The molecule has 18 heavy (non-hydrogen) atoms. The van der Waals surface area contributed by atoms with E-state index in [0.29, 0.717) is 21.1 Å². The van der Waals surface area contributed by atoms with Crippen molar-refractivity contribution < 1.29 is 9.90 Å². The summed E-state index contributed by atoms with van der Waals surface area (Å²) >= 11 is 3.30. The summed E-state index contributed by atoms with van der Waals surface area (Å²) in [7, 11) is 0. The van der Waals surface area contributed by atoms with E-state index in [1.807, 2.05) is 12.1 Å². The molecule has 1 aromatic carbocycles. The van der Waals surface area contributed by atoms with Gasteiger partial charge in [0.25, 0.3) is 0 Å². The topological polar surface area (TPSA) is 49.3 Å². The first-order chi connectivity index (χ1) is 8.58. The SMILES string of the molecule is CCC1(CNc2cccc(Br)c2C(=O)O)CCC1. The maximum atomic E-state index is 11.3. The van der Waals surface area contributed by atoms with E-state index in [0.717, 1.165) is 13.0 Å². The summed E-state index contributed by atoms with van der Waals surface area (Å²) in [6, 6.07) is 5.45. The summed E-state index contributed by atoms with van der Waals surface area (Å²) in [5.74, 6) is -0.899. The molecule has 1 aliphatic carbocycles. The number of hydrogen-bond donors (Lipinski definition) is 2. The highest BCUT2D eigenvalue weighted by molar-refractivity contribution is 9.10. The van der Waals surface area contributed by atoms with Crippen LogP contribution in [0.5, 0.6) is 0 Å². The molecule has 0 unspecified atom stereocenters. The first kappa shape index (κ1) is 13.4. The van der Waals surface area contributed by atoms with Crippen LogP contribution in [-0.4, -0.2) is 17.6 Å². The number of carbonyl (C=O) groups is 1. The van der Waals surface area contributed by atoms with Crippen molar-refractivity contribution >= 4 is 27.6 Å². The van der Waals surface area contributed by atoms with Gasteiger partial charge in [0.05, 0.1) is 5.56 Å². The zero-order valence-corrected chi connectivity index (χ0v) is 12.1. The normalized spacial score (nSPS) is 17.0. The second-order valence-electron chi connectivity index (χ2n) is 5.03. The molecule has 4 heteroatoms. The Labute approximate surface area is 116 Å². The van der Waals surface area contributed by atoms with Crippen LogP contribution in [-0.2, 0) is 0 Å². The summed E-state index contributed by atoms with van der Waals surface area (Å²) in [6.07, 6.45) is 4.93. The lowest BCUT2D eigenvalue weighted by Gasteiger charge is -2.41. The minimum absolute atomic E-state index is 0.322. The van der Waals surface area contributed by atoms with Gasteiger partial charge in [-0.05, 0) is 52.7 Å². The van der Waals surface area contributed by atoms with Gasteiger partial charge in [-0.25, -0.2) is 4.79 Å². The molecule has 0 saturated heterocycles. The highest BCUT2D eigenvalue weighted by Crippen LogP contribution is 2.44. The Morgan fingerprint density at radius 3 is 2.72 bits per heavy atom. The van der Waals surface area contributed by atoms with Crippen LogP contribution in [0.4, 0.5) is 5.69 Å². The minimum Gasteiger partial charge on any atom is -0.478 e. The number of benzene rings is 1. The smallest absolute Gasteiger partial charge is 0.338 e. The molecule has 1 saturated carbocycles. The molecule has 0 atom stereocenters. The number of aromatic carboxylic acids is 1. The number of rotatable bonds is 5. The predicted octanol–water partition coefficient (Wildman–Crippen LogP) is 4.14. The number of halogens is 1. The summed E-state index contributed by atoms with van der Waals surface area (Å²) in [5.41, 5.74) is 1.40. The molecular formula is C14H18BrNO2. The molecule has 0 spiro atoms. The van der Waals surface area contributed by atoms with Crippen LogP contribution in [0.2, 0.25) is 0 Å². The van der Waals surface area contributed by atoms with E-state index in [2.05, 4.69) is 28.2 Å². The van der Waals surface area contributed by atoms with E-state index in [-0.39, 0.29) is 0 Å². The fourth-order valence-electron chi connectivity index (χ4n) is 2.50. The van der Waals surface area contributed by atoms with Crippen LogP contribution >= 0.6 is 15.9 Å². The lowest BCUT2D eigenvalue weighted by molar-refractivity contribution is 0.0696. The molecule has 1 aliphatic rings. The van der Waals surface area contributed by atoms with E-state index >= 15 is 0 Å². The van der Waals surface area contributed by atoms with Crippen LogP contribution in [0, 0.1) is 5.41 Å². The van der Waals surface area contributed by atoms with Gasteiger partial charge in [0, 0.05) is 16.7 Å². The number of hydrogen-bond acceptors (Lipinski definition) is 2. The summed E-state index contributed by atoms with van der Waals surface area (Å²) < 4.78 is 0.624. The van der Waals surface area contributed by atoms with E-state index in [1.54, 1.807) is 6.07 Å². The number of carboxylic acid groups (broad SMARTS) is 1. The van der Waals surface area contributed by atoms with Gasteiger partial charge in [0.1, 0.15) is 0 Å². The van der Waals surface area contributed by atoms with E-state index in [9.17, 15) is 9.90 Å². The molecule has 2 rings (SSSR count). The molecule has 0 amide bonds. The fourth-order valence-corrected chi connectivity index (χ4v) is 3.04. The Hall–Kier alpha value is -1.03. The lowest BCUT2D eigenvalue weighted by atomic mass is 9.67. The first-order valence-corrected chi connectivity index (χ1v) is 7.13. The van der Waals surface area contributed by atoms with Crippen molar-refractivity contribution in [3.05, 3.63) is 28.2 Å². The lowest BCUT2D eigenvalue weighted by Crippen LogP contribution is -2.36. The Balaban J connectivity index is 2.14. The van der Waals surface area contributed by atoms with Crippen LogP contribution in [0.25, 0.3) is 0 Å². The molecule has 98 valence electrons. The first-order valence-electron chi connectivity index (χ1n) is 6.34. The van der Waals surface area contributed by atoms with Crippen molar-refractivity contribution in [1.29, 1.82) is 0 Å². The minimum atomic E-state index is -0.899. The number of nitrogens with one attached hydrogen (secondary N) is 1. The molecular weight excluding hydrogens is 294 g/mol. The molecule has 0 radical (unpaired) electrons. The average molecular weight is 312 g/mol. The molecule has 1 fully saturated rings. The molecule has 0 heterocycles. The van der Waals surface area contributed by atoms with Crippen molar-refractivity contribution in [1.82, 2.24) is 0 Å². The van der Waals surface area contributed by atoms with Crippen molar-refractivity contribution in [3.8, 4) is 0 Å². The van der Waals surface area contributed by atoms with E-state index in [4.69, 9.17) is 0 Å². The van der Waals surface area contributed by atoms with Crippen molar-refractivity contribution in [2.45, 2.75) is 32.6 Å². The molecule has 0 bridgehead atoms. The van der Waals surface area contributed by atoms with Gasteiger partial charge >= 0.3 is 5.97 Å². The van der Waals surface area contributed by atoms with Gasteiger partial charge in [-0.1, -0.05) is 19.4 Å². The van der Waals surface area contributed by atoms with Crippen molar-refractivity contribution in [2.75, 3.05) is 11.9 Å². The van der Waals surface area contributed by atoms with Gasteiger partial charge in [0.15, 0.2) is 0 Å². The predicted molar refractivity (Wildman–Crippen MR) is 76.2 cm³/mol. The van der Waals surface area contributed by atoms with Crippen molar-refractivity contribution in [2.24, 2.45) is 5.41 Å². The fraction of sp³-hybridized carbons (Fsp3) is 0.500. The zero-order valence-electron chi connectivity index (χ0n) is 10.5. The molecule has 0 aromatic heterocycles. The Morgan fingerprint density at radius 2 is 2.22 bits per heavy atom. The van der Waals surface area contributed by atoms with Gasteiger partial charge in [-0.2, -0.15) is 0 Å². The molecule has 2 N–H and O–H groups in total. The highest BCUT2D eigenvalue weighted by atomic mass is 79.9. The van der Waals surface area contributed by atoms with E-state index in [1.165, 1.54) is 19.3 Å². The Bertz CT molecular complexity index is 450. The number of carboxylic acids is 1. The second-order valence-corrected chi connectivity index (χ2v) is 5.88. The molecule has 0 aliphatic heterocycles. The van der Waals surface area contributed by atoms with Gasteiger partial charge in [0.2, 0.25) is 0 Å². The summed E-state index contributed by atoms with van der Waals surface area (Å²) in [6.45, 7) is 3.07. The van der Waals surface area contributed by atoms with E-state index < -0.39 is 5.97 Å². The summed E-state index contributed by atoms with van der Waals surface area (Å²) in [4.78, 5) is 11.3.